The summed E-state index contributed by atoms with van der Waals surface area (Å²) in [5.74, 6) is -2.88. The Morgan fingerprint density at radius 2 is 1.82 bits per heavy atom. The van der Waals surface area contributed by atoms with Gasteiger partial charge in [-0.25, -0.2) is 27.2 Å². The van der Waals surface area contributed by atoms with Gasteiger partial charge in [0, 0.05) is 61.8 Å². The van der Waals surface area contributed by atoms with Gasteiger partial charge in [-0.05, 0) is 43.8 Å². The number of sulfonamides is 1. The molecule has 0 saturated carbocycles. The molecule has 1 fully saturated rings. The van der Waals surface area contributed by atoms with Gasteiger partial charge in [-0.15, -0.1) is 0 Å². The minimum Gasteiger partial charge on any atom is -0.369 e. The molecule has 0 spiro atoms. The number of anilines is 3. The van der Waals surface area contributed by atoms with Crippen molar-refractivity contribution in [2.45, 2.75) is 19.3 Å². The third kappa shape index (κ3) is 5.57. The van der Waals surface area contributed by atoms with Crippen LogP contribution in [0.25, 0.3) is 11.1 Å². The van der Waals surface area contributed by atoms with Crippen molar-refractivity contribution in [3.05, 3.63) is 65.5 Å². The molecule has 12 heteroatoms. The van der Waals surface area contributed by atoms with E-state index in [0.29, 0.717) is 17.8 Å². The average molecular weight is 557 g/mol. The Balaban J connectivity index is 1.40. The number of ketones is 1. The van der Waals surface area contributed by atoms with Crippen molar-refractivity contribution in [3.8, 4) is 11.1 Å². The lowest BCUT2D eigenvalue weighted by molar-refractivity contribution is 0.0958. The fourth-order valence-corrected chi connectivity index (χ4v) is 6.03. The van der Waals surface area contributed by atoms with Crippen LogP contribution in [0.5, 0.6) is 0 Å². The molecule has 1 aromatic carbocycles. The number of hydrogen-bond donors (Lipinski definition) is 2. The minimum absolute atomic E-state index is 0.107. The van der Waals surface area contributed by atoms with Gasteiger partial charge in [0.1, 0.15) is 17.5 Å². The van der Waals surface area contributed by atoms with Crippen LogP contribution in [-0.4, -0.2) is 74.6 Å². The number of piperazine rings is 1. The number of carbonyl (C=O) groups excluding carboxylic acids is 1. The van der Waals surface area contributed by atoms with E-state index >= 15 is 4.39 Å². The zero-order chi connectivity index (χ0) is 27.7. The molecule has 0 radical (unpaired) electrons. The number of pyridine rings is 2. The number of nitrogens with zero attached hydrogens (tertiary/aromatic N) is 4. The molecule has 0 bridgehead atoms. The predicted molar refractivity (Wildman–Crippen MR) is 147 cm³/mol. The second kappa shape index (κ2) is 10.9. The van der Waals surface area contributed by atoms with Crippen molar-refractivity contribution in [2.24, 2.45) is 0 Å². The molecule has 0 amide bonds. The van der Waals surface area contributed by atoms with Crippen LogP contribution < -0.4 is 14.9 Å². The van der Waals surface area contributed by atoms with Crippen molar-refractivity contribution in [3.63, 3.8) is 0 Å². The second-order valence-electron chi connectivity index (χ2n) is 9.86. The number of fused-ring (bicyclic) bond motifs is 1. The van der Waals surface area contributed by atoms with Crippen LogP contribution in [-0.2, 0) is 10.0 Å². The van der Waals surface area contributed by atoms with Gasteiger partial charge in [-0.3, -0.25) is 9.52 Å². The third-order valence-corrected chi connectivity index (χ3v) is 8.54. The van der Waals surface area contributed by atoms with Crippen LogP contribution in [0.15, 0.2) is 42.7 Å². The Hall–Kier alpha value is -3.64. The topological polar surface area (TPSA) is 108 Å². The molecule has 5 rings (SSSR count). The summed E-state index contributed by atoms with van der Waals surface area (Å²) in [7, 11) is -1.74. The Morgan fingerprint density at radius 3 is 2.51 bits per heavy atom. The SMILES string of the molecule is CCCS(=O)(=O)Nc1ccc(F)c(C(=O)C2CNc3ncc(-c4ccc(N5CCN(C)CC5)nc4)cc32)c1F. The van der Waals surface area contributed by atoms with Gasteiger partial charge in [0.25, 0.3) is 0 Å². The lowest BCUT2D eigenvalue weighted by Gasteiger charge is -2.33. The summed E-state index contributed by atoms with van der Waals surface area (Å²) < 4.78 is 56.5. The summed E-state index contributed by atoms with van der Waals surface area (Å²) in [6, 6.07) is 7.54. The lowest BCUT2D eigenvalue weighted by Crippen LogP contribution is -2.44. The third-order valence-electron chi connectivity index (χ3n) is 7.07. The molecule has 4 heterocycles. The highest BCUT2D eigenvalue weighted by atomic mass is 32.2. The highest BCUT2D eigenvalue weighted by molar-refractivity contribution is 7.92. The molecule has 1 unspecified atom stereocenters. The van der Waals surface area contributed by atoms with E-state index in [9.17, 15) is 17.6 Å². The van der Waals surface area contributed by atoms with Gasteiger partial charge in [0.2, 0.25) is 10.0 Å². The Labute approximate surface area is 226 Å². The van der Waals surface area contributed by atoms with Crippen LogP contribution in [0.4, 0.5) is 26.1 Å². The minimum atomic E-state index is -3.84. The smallest absolute Gasteiger partial charge is 0.232 e. The van der Waals surface area contributed by atoms with Crippen molar-refractivity contribution < 1.29 is 22.0 Å². The van der Waals surface area contributed by atoms with Crippen molar-refractivity contribution in [1.29, 1.82) is 0 Å². The molecule has 2 aliphatic heterocycles. The van der Waals surface area contributed by atoms with E-state index in [1.807, 2.05) is 12.1 Å². The van der Waals surface area contributed by atoms with E-state index in [0.717, 1.165) is 55.3 Å². The summed E-state index contributed by atoms with van der Waals surface area (Å²) in [5.41, 5.74) is 0.782. The summed E-state index contributed by atoms with van der Waals surface area (Å²) in [5, 5.41) is 3.03. The predicted octanol–water partition coefficient (Wildman–Crippen LogP) is 3.72. The Morgan fingerprint density at radius 1 is 1.08 bits per heavy atom. The monoisotopic (exact) mass is 556 g/mol. The van der Waals surface area contributed by atoms with E-state index in [-0.39, 0.29) is 12.3 Å². The second-order valence-corrected chi connectivity index (χ2v) is 11.7. The molecule has 1 saturated heterocycles. The summed E-state index contributed by atoms with van der Waals surface area (Å²) >= 11 is 0. The maximum Gasteiger partial charge on any atom is 0.232 e. The summed E-state index contributed by atoms with van der Waals surface area (Å²) in [4.78, 5) is 27.0. The number of Topliss-reactive ketones (excluding diaryl/α,β-unsaturated/α-hetero) is 1. The van der Waals surface area contributed by atoms with Gasteiger partial charge < -0.3 is 15.1 Å². The zero-order valence-corrected chi connectivity index (χ0v) is 22.6. The molecule has 9 nitrogen and oxygen atoms in total. The first-order valence-electron chi connectivity index (χ1n) is 12.8. The fourth-order valence-electron chi connectivity index (χ4n) is 4.89. The van der Waals surface area contributed by atoms with Crippen molar-refractivity contribution in [1.82, 2.24) is 14.9 Å². The molecule has 2 aliphatic rings. The summed E-state index contributed by atoms with van der Waals surface area (Å²) in [6.45, 7) is 5.50. The molecule has 206 valence electrons. The Bertz CT molecular complexity index is 1490. The van der Waals surface area contributed by atoms with Crippen LogP contribution >= 0.6 is 0 Å². The van der Waals surface area contributed by atoms with E-state index in [4.69, 9.17) is 0 Å². The number of carbonyl (C=O) groups is 1. The van der Waals surface area contributed by atoms with Gasteiger partial charge in [0.15, 0.2) is 11.6 Å². The molecule has 1 atom stereocenters. The fraction of sp³-hybridized carbons (Fsp3) is 0.370. The van der Waals surface area contributed by atoms with Gasteiger partial charge in [0.05, 0.1) is 22.9 Å². The quantitative estimate of drug-likeness (QED) is 0.405. The Kier molecular flexibility index (Phi) is 7.50. The molecule has 3 aromatic rings. The van der Waals surface area contributed by atoms with Crippen LogP contribution in [0, 0.1) is 11.6 Å². The molecular formula is C27H30F2N6O3S. The highest BCUT2D eigenvalue weighted by Gasteiger charge is 2.34. The maximum atomic E-state index is 15.3. The number of aromatic nitrogens is 2. The molecular weight excluding hydrogens is 526 g/mol. The van der Waals surface area contributed by atoms with E-state index < -0.39 is 44.6 Å². The molecule has 2 aromatic heterocycles. The van der Waals surface area contributed by atoms with E-state index in [2.05, 4.69) is 36.9 Å². The average Bonchev–Trinajstić information content (AvgIpc) is 3.34. The van der Waals surface area contributed by atoms with Crippen LogP contribution in [0.2, 0.25) is 0 Å². The summed E-state index contributed by atoms with van der Waals surface area (Å²) in [6.07, 6.45) is 3.73. The lowest BCUT2D eigenvalue weighted by atomic mass is 9.91. The molecule has 39 heavy (non-hydrogen) atoms. The zero-order valence-electron chi connectivity index (χ0n) is 21.7. The number of nitrogens with one attached hydrogen (secondary N) is 2. The van der Waals surface area contributed by atoms with Gasteiger partial charge in [-0.1, -0.05) is 6.92 Å². The van der Waals surface area contributed by atoms with Crippen molar-refractivity contribution in [2.75, 3.05) is 60.5 Å². The molecule has 0 aliphatic carbocycles. The highest BCUT2D eigenvalue weighted by Crippen LogP contribution is 2.37. The number of hydrogen-bond acceptors (Lipinski definition) is 8. The number of likely N-dealkylation sites (N-methyl/N-ethyl adjacent to an activating group) is 1. The van der Waals surface area contributed by atoms with Crippen LogP contribution in [0.1, 0.15) is 35.2 Å². The number of benzene rings is 1. The number of rotatable bonds is 8. The first-order chi connectivity index (χ1) is 18.7. The maximum absolute atomic E-state index is 15.3. The number of halogens is 2. The standard InChI is InChI=1S/C27H30F2N6O3S/c1-3-12-39(37,38)33-22-6-5-21(28)24(25(22)29)26(36)20-16-32-27-19(20)13-18(15-31-27)17-4-7-23(30-14-17)35-10-8-34(2)9-11-35/h4-7,13-15,20,33H,3,8-12,16H2,1-2H3,(H,31,32). The first-order valence-corrected chi connectivity index (χ1v) is 14.5. The van der Waals surface area contributed by atoms with Crippen molar-refractivity contribution >= 4 is 33.1 Å². The normalized spacial score (nSPS) is 17.5. The van der Waals surface area contributed by atoms with Gasteiger partial charge >= 0.3 is 0 Å². The molecule has 2 N–H and O–H groups in total. The first kappa shape index (κ1) is 26.9. The van der Waals surface area contributed by atoms with Crippen LogP contribution in [0.3, 0.4) is 0 Å². The van der Waals surface area contributed by atoms with Gasteiger partial charge in [-0.2, -0.15) is 0 Å². The largest absolute Gasteiger partial charge is 0.369 e. The van der Waals surface area contributed by atoms with E-state index in [1.165, 1.54) is 0 Å². The van der Waals surface area contributed by atoms with E-state index in [1.54, 1.807) is 25.4 Å².